The van der Waals surface area contributed by atoms with Crippen molar-refractivity contribution in [1.29, 1.82) is 0 Å². The number of carbonyl (C=O) groups is 2. The summed E-state index contributed by atoms with van der Waals surface area (Å²) in [5.74, 6) is 0.164. The van der Waals surface area contributed by atoms with Gasteiger partial charge in [-0.15, -0.1) is 0 Å². The molecule has 0 unspecified atom stereocenters. The zero-order valence-electron chi connectivity index (χ0n) is 17.8. The Morgan fingerprint density at radius 2 is 1.73 bits per heavy atom. The van der Waals surface area contributed by atoms with Crippen LogP contribution in [0.25, 0.3) is 11.2 Å². The van der Waals surface area contributed by atoms with Gasteiger partial charge in [-0.25, -0.2) is 9.78 Å². The van der Waals surface area contributed by atoms with Gasteiger partial charge < -0.3 is 10.2 Å². The first-order valence-electron chi connectivity index (χ1n) is 10.8. The van der Waals surface area contributed by atoms with E-state index in [1.807, 2.05) is 4.90 Å². The summed E-state index contributed by atoms with van der Waals surface area (Å²) < 4.78 is 2.96. The number of aromatic nitrogens is 3. The maximum absolute atomic E-state index is 12.5. The van der Waals surface area contributed by atoms with Gasteiger partial charge in [-0.1, -0.05) is 12.8 Å². The number of rotatable bonds is 5. The average molecular weight is 415 g/mol. The topological polar surface area (TPSA) is 92.5 Å². The molecule has 0 radical (unpaired) electrons. The minimum absolute atomic E-state index is 0.0325. The van der Waals surface area contributed by atoms with E-state index in [1.54, 1.807) is 26.2 Å². The Balaban J connectivity index is 1.26. The maximum atomic E-state index is 12.5. The summed E-state index contributed by atoms with van der Waals surface area (Å²) >= 11 is 0. The third-order valence-electron chi connectivity index (χ3n) is 6.45. The maximum Gasteiger partial charge on any atom is 0.329 e. The van der Waals surface area contributed by atoms with Gasteiger partial charge in [0.25, 0.3) is 0 Å². The Kier molecular flexibility index (Phi) is 5.90. The predicted molar refractivity (Wildman–Crippen MR) is 114 cm³/mol. The van der Waals surface area contributed by atoms with Gasteiger partial charge in [-0.05, 0) is 25.0 Å². The predicted octanol–water partition coefficient (Wildman–Crippen LogP) is 1.08. The van der Waals surface area contributed by atoms with E-state index in [2.05, 4.69) is 15.2 Å². The molecule has 2 aliphatic rings. The lowest BCUT2D eigenvalue weighted by Gasteiger charge is -2.38. The van der Waals surface area contributed by atoms with Crippen LogP contribution in [0.15, 0.2) is 16.9 Å². The number of aryl methyl sites for hydroxylation is 2. The highest BCUT2D eigenvalue weighted by molar-refractivity contribution is 5.93. The van der Waals surface area contributed by atoms with Crippen LogP contribution >= 0.6 is 0 Å². The number of piperazine rings is 1. The molecule has 2 amide bonds. The number of nitrogens with one attached hydrogen (secondary N) is 1. The molecule has 1 saturated carbocycles. The number of anilines is 1. The highest BCUT2D eigenvalue weighted by atomic mass is 16.2. The summed E-state index contributed by atoms with van der Waals surface area (Å²) in [5, 5.41) is 2.74. The zero-order valence-corrected chi connectivity index (χ0v) is 17.8. The molecule has 2 aromatic rings. The molecular formula is C21H30N6O3. The van der Waals surface area contributed by atoms with Crippen LogP contribution in [0.1, 0.15) is 38.5 Å². The molecule has 0 atom stereocenters. The Bertz CT molecular complexity index is 996. The fourth-order valence-corrected chi connectivity index (χ4v) is 4.63. The van der Waals surface area contributed by atoms with Crippen LogP contribution in [0.3, 0.4) is 0 Å². The standard InChI is InChI=1S/C21H30N6O3/c1-24-16-7-8-17(23-20(16)25(2)21(24)30)22-18(28)9-10-19(29)27-13-11-26(12-14-27)15-5-3-4-6-15/h7-8,15H,3-6,9-14H2,1-2H3,(H,22,23,28). The van der Waals surface area contributed by atoms with Gasteiger partial charge in [0.1, 0.15) is 5.82 Å². The fraction of sp³-hybridized carbons (Fsp3) is 0.619. The van der Waals surface area contributed by atoms with Gasteiger partial charge in [0.2, 0.25) is 11.8 Å². The monoisotopic (exact) mass is 414 g/mol. The summed E-state index contributed by atoms with van der Waals surface area (Å²) in [7, 11) is 3.33. The molecular weight excluding hydrogens is 384 g/mol. The lowest BCUT2D eigenvalue weighted by molar-refractivity contribution is -0.134. The Labute approximate surface area is 175 Å². The number of hydrogen-bond donors (Lipinski definition) is 1. The second-order valence-corrected chi connectivity index (χ2v) is 8.34. The minimum atomic E-state index is -0.249. The van der Waals surface area contributed by atoms with E-state index in [-0.39, 0.29) is 30.3 Å². The van der Waals surface area contributed by atoms with Crippen molar-refractivity contribution >= 4 is 28.8 Å². The number of hydrogen-bond acceptors (Lipinski definition) is 5. The van der Waals surface area contributed by atoms with Crippen molar-refractivity contribution < 1.29 is 9.59 Å². The van der Waals surface area contributed by atoms with Crippen molar-refractivity contribution in [2.75, 3.05) is 31.5 Å². The number of amides is 2. The van der Waals surface area contributed by atoms with E-state index in [9.17, 15) is 14.4 Å². The number of fused-ring (bicyclic) bond motifs is 1. The second kappa shape index (κ2) is 8.59. The van der Waals surface area contributed by atoms with Crippen molar-refractivity contribution in [3.05, 3.63) is 22.6 Å². The van der Waals surface area contributed by atoms with E-state index in [4.69, 9.17) is 0 Å². The SMILES string of the molecule is Cn1c(=O)n(C)c2nc(NC(=O)CCC(=O)N3CCN(C4CCCC4)CC3)ccc21. The quantitative estimate of drug-likeness (QED) is 0.790. The van der Waals surface area contributed by atoms with Crippen LogP contribution < -0.4 is 11.0 Å². The van der Waals surface area contributed by atoms with Crippen molar-refractivity contribution in [2.24, 2.45) is 14.1 Å². The van der Waals surface area contributed by atoms with E-state index >= 15 is 0 Å². The summed E-state index contributed by atoms with van der Waals surface area (Å²) in [6.07, 6.45) is 5.52. The Hall–Kier alpha value is -2.68. The number of pyridine rings is 1. The lowest BCUT2D eigenvalue weighted by atomic mass is 10.1. The molecule has 2 fully saturated rings. The molecule has 3 heterocycles. The van der Waals surface area contributed by atoms with Gasteiger partial charge in [-0.3, -0.25) is 23.6 Å². The molecule has 0 aromatic carbocycles. The van der Waals surface area contributed by atoms with Crippen molar-refractivity contribution in [3.8, 4) is 0 Å². The van der Waals surface area contributed by atoms with Crippen LogP contribution in [0, 0.1) is 0 Å². The third-order valence-corrected chi connectivity index (χ3v) is 6.45. The molecule has 2 aromatic heterocycles. The van der Waals surface area contributed by atoms with Crippen LogP contribution in [0.4, 0.5) is 5.82 Å². The van der Waals surface area contributed by atoms with Crippen molar-refractivity contribution in [2.45, 2.75) is 44.6 Å². The lowest BCUT2D eigenvalue weighted by Crippen LogP contribution is -2.51. The van der Waals surface area contributed by atoms with Crippen molar-refractivity contribution in [3.63, 3.8) is 0 Å². The molecule has 4 rings (SSSR count). The van der Waals surface area contributed by atoms with Crippen LogP contribution in [-0.2, 0) is 23.7 Å². The summed E-state index contributed by atoms with van der Waals surface area (Å²) in [4.78, 5) is 45.6. The van der Waals surface area contributed by atoms with Crippen LogP contribution in [0.2, 0.25) is 0 Å². The Morgan fingerprint density at radius 3 is 2.43 bits per heavy atom. The minimum Gasteiger partial charge on any atom is -0.340 e. The van der Waals surface area contributed by atoms with E-state index < -0.39 is 0 Å². The fourth-order valence-electron chi connectivity index (χ4n) is 4.63. The first kappa shape index (κ1) is 20.6. The first-order chi connectivity index (χ1) is 14.4. The van der Waals surface area contributed by atoms with E-state index in [0.717, 1.165) is 26.2 Å². The van der Waals surface area contributed by atoms with Gasteiger partial charge in [0, 0.05) is 59.2 Å². The number of imidazole rings is 1. The van der Waals surface area contributed by atoms with Crippen LogP contribution in [0.5, 0.6) is 0 Å². The summed E-state index contributed by atoms with van der Waals surface area (Å²) in [6.45, 7) is 3.36. The normalized spacial score (nSPS) is 18.3. The first-order valence-corrected chi connectivity index (χ1v) is 10.8. The summed E-state index contributed by atoms with van der Waals surface area (Å²) in [5.41, 5.74) is 1.04. The van der Waals surface area contributed by atoms with Crippen LogP contribution in [-0.4, -0.2) is 68.0 Å². The highest BCUT2D eigenvalue weighted by Gasteiger charge is 2.27. The van der Waals surface area contributed by atoms with Crippen molar-refractivity contribution in [1.82, 2.24) is 23.9 Å². The van der Waals surface area contributed by atoms with Gasteiger partial charge in [0.05, 0.1) is 5.52 Å². The van der Waals surface area contributed by atoms with Gasteiger partial charge in [-0.2, -0.15) is 0 Å². The van der Waals surface area contributed by atoms with E-state index in [1.165, 1.54) is 34.8 Å². The molecule has 1 N–H and O–H groups in total. The van der Waals surface area contributed by atoms with Gasteiger partial charge >= 0.3 is 5.69 Å². The van der Waals surface area contributed by atoms with E-state index in [0.29, 0.717) is 23.0 Å². The number of carbonyl (C=O) groups excluding carboxylic acids is 2. The summed E-state index contributed by atoms with van der Waals surface area (Å²) in [6, 6.07) is 4.12. The van der Waals surface area contributed by atoms with Gasteiger partial charge in [0.15, 0.2) is 5.65 Å². The molecule has 0 bridgehead atoms. The molecule has 1 aliphatic heterocycles. The molecule has 30 heavy (non-hydrogen) atoms. The largest absolute Gasteiger partial charge is 0.340 e. The molecule has 9 heteroatoms. The Morgan fingerprint density at radius 1 is 1.03 bits per heavy atom. The molecule has 1 saturated heterocycles. The molecule has 162 valence electrons. The third kappa shape index (κ3) is 4.12. The number of nitrogens with zero attached hydrogens (tertiary/aromatic N) is 5. The smallest absolute Gasteiger partial charge is 0.329 e. The second-order valence-electron chi connectivity index (χ2n) is 8.34. The zero-order chi connectivity index (χ0) is 21.3. The average Bonchev–Trinajstić information content (AvgIpc) is 3.37. The molecule has 1 aliphatic carbocycles. The highest BCUT2D eigenvalue weighted by Crippen LogP contribution is 2.24. The molecule has 9 nitrogen and oxygen atoms in total. The molecule has 0 spiro atoms.